The normalized spacial score (nSPS) is 15.4. The van der Waals surface area contributed by atoms with Gasteiger partial charge < -0.3 is 13.9 Å². The summed E-state index contributed by atoms with van der Waals surface area (Å²) in [5, 5.41) is 9.16. The molecule has 192 valence electrons. The summed E-state index contributed by atoms with van der Waals surface area (Å²) in [6.45, 7) is 4.55. The van der Waals surface area contributed by atoms with Crippen LogP contribution >= 0.6 is 0 Å². The second kappa shape index (κ2) is 10.8. The Balaban J connectivity index is 1.35. The van der Waals surface area contributed by atoms with Crippen molar-refractivity contribution in [2.75, 3.05) is 19.8 Å². The minimum Gasteiger partial charge on any atom is -0.494 e. The van der Waals surface area contributed by atoms with Crippen LogP contribution in [0, 0.1) is 13.8 Å². The molecule has 0 aliphatic carbocycles. The number of nitrogens with one attached hydrogen (secondary N) is 1. The molecule has 2 aromatic carbocycles. The first kappa shape index (κ1) is 25.9. The molecule has 1 aliphatic rings. The highest BCUT2D eigenvalue weighted by molar-refractivity contribution is 7.93. The third-order valence-corrected chi connectivity index (χ3v) is 8.95. The van der Waals surface area contributed by atoms with Gasteiger partial charge in [-0.1, -0.05) is 29.8 Å². The van der Waals surface area contributed by atoms with Gasteiger partial charge in [-0.05, 0) is 57.4 Å². The van der Waals surface area contributed by atoms with E-state index >= 15 is 0 Å². The summed E-state index contributed by atoms with van der Waals surface area (Å²) in [4.78, 5) is 17.0. The number of ether oxygens (including phenoxy) is 2. The monoisotopic (exact) mass is 514 g/mol. The van der Waals surface area contributed by atoms with Crippen molar-refractivity contribution in [3.8, 4) is 17.0 Å². The molecule has 1 amide bonds. The molecule has 0 atom stereocenters. The van der Waals surface area contributed by atoms with E-state index in [9.17, 15) is 13.2 Å². The van der Waals surface area contributed by atoms with Gasteiger partial charge in [0.05, 0.1) is 11.5 Å². The third kappa shape index (κ3) is 5.16. The van der Waals surface area contributed by atoms with Crippen molar-refractivity contribution in [2.24, 2.45) is 0 Å². The number of rotatable bonds is 9. The molecule has 9 nitrogen and oxygen atoms in total. The lowest BCUT2D eigenvalue weighted by molar-refractivity contribution is -0.134. The van der Waals surface area contributed by atoms with E-state index in [1.165, 1.54) is 23.2 Å². The molecule has 1 saturated heterocycles. The fourth-order valence-electron chi connectivity index (χ4n) is 4.31. The quantitative estimate of drug-likeness (QED) is 0.251. The smallest absolute Gasteiger partial charge is 0.265 e. The number of hydroxylamine groups is 1. The van der Waals surface area contributed by atoms with E-state index in [4.69, 9.17) is 19.1 Å². The van der Waals surface area contributed by atoms with Crippen LogP contribution in [-0.2, 0) is 25.8 Å². The van der Waals surface area contributed by atoms with Crippen LogP contribution in [0.15, 0.2) is 57.8 Å². The molecule has 10 heteroatoms. The van der Waals surface area contributed by atoms with Gasteiger partial charge in [0, 0.05) is 25.2 Å². The van der Waals surface area contributed by atoms with E-state index in [0.717, 1.165) is 17.0 Å². The Hall–Kier alpha value is -3.21. The van der Waals surface area contributed by atoms with E-state index in [1.807, 2.05) is 38.1 Å². The Morgan fingerprint density at radius 1 is 1.08 bits per heavy atom. The Bertz CT molecular complexity index is 1290. The van der Waals surface area contributed by atoms with Gasteiger partial charge in [0.15, 0.2) is 20.5 Å². The van der Waals surface area contributed by atoms with Crippen molar-refractivity contribution in [2.45, 2.75) is 49.2 Å². The maximum atomic E-state index is 13.3. The van der Waals surface area contributed by atoms with Gasteiger partial charge in [-0.3, -0.25) is 10.0 Å². The van der Waals surface area contributed by atoms with Crippen LogP contribution in [0.3, 0.4) is 0 Å². The van der Waals surface area contributed by atoms with Gasteiger partial charge in [-0.15, -0.1) is 0 Å². The van der Waals surface area contributed by atoms with Crippen LogP contribution < -0.4 is 10.2 Å². The molecule has 3 aromatic rings. The van der Waals surface area contributed by atoms with Crippen molar-refractivity contribution < 1.29 is 32.3 Å². The molecule has 0 radical (unpaired) electrons. The molecule has 1 aromatic heterocycles. The highest BCUT2D eigenvalue weighted by Crippen LogP contribution is 2.35. The van der Waals surface area contributed by atoms with Crippen molar-refractivity contribution in [3.05, 3.63) is 65.7 Å². The maximum Gasteiger partial charge on any atom is 0.265 e. The zero-order valence-electron chi connectivity index (χ0n) is 20.3. The van der Waals surface area contributed by atoms with Gasteiger partial charge in [0.2, 0.25) is 0 Å². The van der Waals surface area contributed by atoms with Crippen LogP contribution in [0.5, 0.6) is 5.75 Å². The number of aromatic nitrogens is 1. The van der Waals surface area contributed by atoms with E-state index in [-0.39, 0.29) is 31.0 Å². The molecule has 2 N–H and O–H groups in total. The largest absolute Gasteiger partial charge is 0.494 e. The molecule has 0 saturated carbocycles. The van der Waals surface area contributed by atoms with Gasteiger partial charge >= 0.3 is 0 Å². The molecule has 1 aliphatic heterocycles. The Labute approximate surface area is 210 Å². The number of nitrogens with zero attached hydrogens (tertiary/aromatic N) is 1. The standard InChI is InChI=1S/C26H30N2O7S/c1-18-5-7-20(8-6-18)24-19(2)35-23(27-24)4-3-15-34-21-9-11-22(12-10-21)36(31,32)26(25(29)28-30)13-16-33-17-14-26/h5-12,30H,3-4,13-17H2,1-2H3,(H,28,29). The number of carbonyl (C=O) groups excluding carboxylic acids is 1. The Morgan fingerprint density at radius 2 is 1.75 bits per heavy atom. The lowest BCUT2D eigenvalue weighted by atomic mass is 9.98. The molecule has 1 fully saturated rings. The Kier molecular flexibility index (Phi) is 7.77. The zero-order chi connectivity index (χ0) is 25.8. The molecule has 4 rings (SSSR count). The number of aryl methyl sites for hydroxylation is 3. The second-order valence-corrected chi connectivity index (χ2v) is 11.1. The highest BCUT2D eigenvalue weighted by atomic mass is 32.2. The molecular weight excluding hydrogens is 484 g/mol. The fourth-order valence-corrected chi connectivity index (χ4v) is 6.25. The van der Waals surface area contributed by atoms with E-state index in [0.29, 0.717) is 31.1 Å². The number of sulfone groups is 1. The minimum absolute atomic E-state index is 0.0146. The van der Waals surface area contributed by atoms with Crippen molar-refractivity contribution in [1.82, 2.24) is 10.5 Å². The zero-order valence-corrected chi connectivity index (χ0v) is 21.1. The molecule has 0 spiro atoms. The first-order chi connectivity index (χ1) is 17.3. The van der Waals surface area contributed by atoms with E-state index in [1.54, 1.807) is 12.1 Å². The second-order valence-electron chi connectivity index (χ2n) is 8.85. The Morgan fingerprint density at radius 3 is 2.39 bits per heavy atom. The summed E-state index contributed by atoms with van der Waals surface area (Å²) in [5.41, 5.74) is 4.54. The van der Waals surface area contributed by atoms with E-state index < -0.39 is 20.5 Å². The molecule has 36 heavy (non-hydrogen) atoms. The fraction of sp³-hybridized carbons (Fsp3) is 0.385. The van der Waals surface area contributed by atoms with Gasteiger partial charge in [0.1, 0.15) is 17.2 Å². The number of oxazole rings is 1. The van der Waals surface area contributed by atoms with Gasteiger partial charge in [0.25, 0.3) is 5.91 Å². The summed E-state index contributed by atoms with van der Waals surface area (Å²) < 4.78 is 41.6. The average Bonchev–Trinajstić information content (AvgIpc) is 3.27. The predicted molar refractivity (Wildman–Crippen MR) is 132 cm³/mol. The minimum atomic E-state index is -4.07. The van der Waals surface area contributed by atoms with Gasteiger partial charge in [-0.2, -0.15) is 0 Å². The van der Waals surface area contributed by atoms with Crippen LogP contribution in [0.2, 0.25) is 0 Å². The summed E-state index contributed by atoms with van der Waals surface area (Å²) in [6, 6.07) is 14.1. The van der Waals surface area contributed by atoms with E-state index in [2.05, 4.69) is 4.98 Å². The first-order valence-electron chi connectivity index (χ1n) is 11.8. The summed E-state index contributed by atoms with van der Waals surface area (Å²) in [7, 11) is -4.07. The number of carbonyl (C=O) groups is 1. The van der Waals surface area contributed by atoms with Gasteiger partial charge in [-0.25, -0.2) is 18.9 Å². The molecule has 2 heterocycles. The summed E-state index contributed by atoms with van der Waals surface area (Å²) in [5.74, 6) is 0.963. The molecule has 0 unspecified atom stereocenters. The first-order valence-corrected chi connectivity index (χ1v) is 13.3. The highest BCUT2D eigenvalue weighted by Gasteiger charge is 2.52. The predicted octanol–water partition coefficient (Wildman–Crippen LogP) is 3.80. The number of hydrogen-bond acceptors (Lipinski definition) is 8. The van der Waals surface area contributed by atoms with Crippen molar-refractivity contribution in [3.63, 3.8) is 0 Å². The van der Waals surface area contributed by atoms with Crippen molar-refractivity contribution in [1.29, 1.82) is 0 Å². The summed E-state index contributed by atoms with van der Waals surface area (Å²) >= 11 is 0. The average molecular weight is 515 g/mol. The molecule has 0 bridgehead atoms. The topological polar surface area (TPSA) is 128 Å². The van der Waals surface area contributed by atoms with Crippen LogP contribution in [0.1, 0.15) is 36.5 Å². The number of amides is 1. The number of benzene rings is 2. The maximum absolute atomic E-state index is 13.3. The SMILES string of the molecule is Cc1ccc(-c2nc(CCCOc3ccc(S(=O)(=O)C4(C(=O)NO)CCOCC4)cc3)oc2C)cc1. The van der Waals surface area contributed by atoms with Crippen LogP contribution in [0.4, 0.5) is 0 Å². The molecular formula is C26H30N2O7S. The van der Waals surface area contributed by atoms with Crippen molar-refractivity contribution >= 4 is 15.7 Å². The number of hydrogen-bond donors (Lipinski definition) is 2. The van der Waals surface area contributed by atoms with Crippen LogP contribution in [-0.4, -0.2) is 49.1 Å². The third-order valence-electron chi connectivity index (χ3n) is 6.43. The lowest BCUT2D eigenvalue weighted by Gasteiger charge is -2.34. The summed E-state index contributed by atoms with van der Waals surface area (Å²) in [6.07, 6.45) is 1.19. The van der Waals surface area contributed by atoms with Crippen LogP contribution in [0.25, 0.3) is 11.3 Å². The lowest BCUT2D eigenvalue weighted by Crippen LogP contribution is -2.54.